The van der Waals surface area contributed by atoms with Gasteiger partial charge in [-0.25, -0.2) is 4.52 Å². The molecule has 2 nitrogen and oxygen atoms in total. The molecule has 2 aromatic rings. The van der Waals surface area contributed by atoms with Crippen molar-refractivity contribution in [2.45, 2.75) is 5.88 Å². The number of hydrogen-bond acceptors (Lipinski definition) is 1. The zero-order valence-electron chi connectivity index (χ0n) is 6.17. The minimum absolute atomic E-state index is 0.536. The van der Waals surface area contributed by atoms with E-state index in [9.17, 15) is 0 Å². The summed E-state index contributed by atoms with van der Waals surface area (Å²) in [6, 6.07) is 3.98. The molecule has 0 fully saturated rings. The number of fused-ring (bicyclic) bond motifs is 1. The molecule has 0 aliphatic heterocycles. The van der Waals surface area contributed by atoms with E-state index < -0.39 is 0 Å². The maximum atomic E-state index is 5.70. The van der Waals surface area contributed by atoms with E-state index in [1.807, 2.05) is 18.3 Å². The van der Waals surface area contributed by atoms with Crippen molar-refractivity contribution in [3.05, 3.63) is 34.6 Å². The van der Waals surface area contributed by atoms with Crippen LogP contribution in [0, 0.1) is 0 Å². The molecule has 0 amide bonds. The fraction of sp³-hybridized carbons (Fsp3) is 0.125. The average Bonchev–Trinajstić information content (AvgIpc) is 2.47. The van der Waals surface area contributed by atoms with Gasteiger partial charge in [0.25, 0.3) is 0 Å². The molecule has 0 atom stereocenters. The van der Waals surface area contributed by atoms with Gasteiger partial charge in [0.05, 0.1) is 16.2 Å². The van der Waals surface area contributed by atoms with Crippen LogP contribution in [0.4, 0.5) is 0 Å². The van der Waals surface area contributed by atoms with Crippen LogP contribution in [-0.4, -0.2) is 9.61 Å². The Morgan fingerprint density at radius 1 is 1.58 bits per heavy atom. The lowest BCUT2D eigenvalue weighted by Gasteiger charge is -1.96. The van der Waals surface area contributed by atoms with Crippen molar-refractivity contribution >= 4 is 33.0 Å². The van der Waals surface area contributed by atoms with Gasteiger partial charge in [-0.05, 0) is 33.6 Å². The molecule has 62 valence electrons. The van der Waals surface area contributed by atoms with Gasteiger partial charge in [0.2, 0.25) is 0 Å². The topological polar surface area (TPSA) is 17.3 Å². The zero-order chi connectivity index (χ0) is 8.55. The molecule has 4 heteroatoms. The van der Waals surface area contributed by atoms with Crippen molar-refractivity contribution in [3.8, 4) is 0 Å². The lowest BCUT2D eigenvalue weighted by atomic mass is 10.3. The molecule has 0 saturated carbocycles. The SMILES string of the molecule is ClCc1ccn2ncc(Br)c2c1. The summed E-state index contributed by atoms with van der Waals surface area (Å²) >= 11 is 9.11. The fourth-order valence-electron chi connectivity index (χ4n) is 1.08. The van der Waals surface area contributed by atoms with Gasteiger partial charge in [-0.1, -0.05) is 0 Å². The first kappa shape index (κ1) is 8.08. The third-order valence-corrected chi connectivity index (χ3v) is 2.61. The van der Waals surface area contributed by atoms with E-state index in [2.05, 4.69) is 21.0 Å². The van der Waals surface area contributed by atoms with Crippen molar-refractivity contribution < 1.29 is 0 Å². The third kappa shape index (κ3) is 1.23. The van der Waals surface area contributed by atoms with Gasteiger partial charge in [0, 0.05) is 12.1 Å². The largest absolute Gasteiger partial charge is 0.240 e. The van der Waals surface area contributed by atoms with Gasteiger partial charge >= 0.3 is 0 Å². The Balaban J connectivity index is 2.71. The Morgan fingerprint density at radius 3 is 3.17 bits per heavy atom. The summed E-state index contributed by atoms with van der Waals surface area (Å²) in [7, 11) is 0. The van der Waals surface area contributed by atoms with Crippen LogP contribution in [0.15, 0.2) is 29.0 Å². The lowest BCUT2D eigenvalue weighted by Crippen LogP contribution is -1.87. The van der Waals surface area contributed by atoms with Crippen LogP contribution in [0.1, 0.15) is 5.56 Å². The predicted molar refractivity (Wildman–Crippen MR) is 52.4 cm³/mol. The summed E-state index contributed by atoms with van der Waals surface area (Å²) < 4.78 is 2.80. The summed E-state index contributed by atoms with van der Waals surface area (Å²) in [6.07, 6.45) is 3.67. The van der Waals surface area contributed by atoms with Crippen molar-refractivity contribution in [1.29, 1.82) is 0 Å². The quantitative estimate of drug-likeness (QED) is 0.706. The van der Waals surface area contributed by atoms with Crippen molar-refractivity contribution in [3.63, 3.8) is 0 Å². The molecule has 2 aromatic heterocycles. The number of rotatable bonds is 1. The number of aromatic nitrogens is 2. The van der Waals surface area contributed by atoms with E-state index in [1.54, 1.807) is 10.7 Å². The number of pyridine rings is 1. The highest BCUT2D eigenvalue weighted by molar-refractivity contribution is 9.10. The smallest absolute Gasteiger partial charge is 0.0807 e. The average molecular weight is 246 g/mol. The molecule has 2 rings (SSSR count). The molecule has 0 N–H and O–H groups in total. The maximum Gasteiger partial charge on any atom is 0.0807 e. The zero-order valence-corrected chi connectivity index (χ0v) is 8.51. The summed E-state index contributed by atoms with van der Waals surface area (Å²) in [4.78, 5) is 0. The molecule has 0 radical (unpaired) electrons. The molecule has 0 aliphatic rings. The van der Waals surface area contributed by atoms with Crippen LogP contribution in [0.25, 0.3) is 5.52 Å². The van der Waals surface area contributed by atoms with Gasteiger partial charge in [-0.2, -0.15) is 5.10 Å². The first-order valence-corrected chi connectivity index (χ1v) is 4.82. The molecule has 2 heterocycles. The molecular weight excluding hydrogens is 239 g/mol. The second kappa shape index (κ2) is 3.07. The second-order valence-corrected chi connectivity index (χ2v) is 3.61. The van der Waals surface area contributed by atoms with Gasteiger partial charge in [0.15, 0.2) is 0 Å². The highest BCUT2D eigenvalue weighted by atomic mass is 79.9. The number of hydrogen-bond donors (Lipinski definition) is 0. The Labute approximate surface area is 83.3 Å². The van der Waals surface area contributed by atoms with E-state index in [0.29, 0.717) is 5.88 Å². The van der Waals surface area contributed by atoms with Crippen LogP contribution < -0.4 is 0 Å². The predicted octanol–water partition coefficient (Wildman–Crippen LogP) is 2.84. The van der Waals surface area contributed by atoms with E-state index in [1.165, 1.54) is 0 Å². The molecule has 0 aromatic carbocycles. The molecule has 0 spiro atoms. The Kier molecular flexibility index (Phi) is 2.07. The van der Waals surface area contributed by atoms with Gasteiger partial charge in [0.1, 0.15) is 0 Å². The molecule has 0 saturated heterocycles. The van der Waals surface area contributed by atoms with Crippen LogP contribution >= 0.6 is 27.5 Å². The van der Waals surface area contributed by atoms with Crippen LogP contribution in [-0.2, 0) is 5.88 Å². The molecule has 12 heavy (non-hydrogen) atoms. The Hall–Kier alpha value is -0.540. The monoisotopic (exact) mass is 244 g/mol. The normalized spacial score (nSPS) is 10.8. The van der Waals surface area contributed by atoms with Crippen molar-refractivity contribution in [1.82, 2.24) is 9.61 Å². The van der Waals surface area contributed by atoms with Gasteiger partial charge < -0.3 is 0 Å². The minimum atomic E-state index is 0.536. The molecule has 0 bridgehead atoms. The molecule has 0 aliphatic carbocycles. The van der Waals surface area contributed by atoms with Gasteiger partial charge in [-0.15, -0.1) is 11.6 Å². The van der Waals surface area contributed by atoms with Crippen LogP contribution in [0.2, 0.25) is 0 Å². The standard InChI is InChI=1S/C8H6BrClN2/c9-7-5-11-12-2-1-6(4-10)3-8(7)12/h1-3,5H,4H2. The van der Waals surface area contributed by atoms with Gasteiger partial charge in [-0.3, -0.25) is 0 Å². The highest BCUT2D eigenvalue weighted by Crippen LogP contribution is 2.18. The summed E-state index contributed by atoms with van der Waals surface area (Å²) in [5.41, 5.74) is 2.15. The van der Waals surface area contributed by atoms with E-state index in [4.69, 9.17) is 11.6 Å². The van der Waals surface area contributed by atoms with Crippen molar-refractivity contribution in [2.75, 3.05) is 0 Å². The lowest BCUT2D eigenvalue weighted by molar-refractivity contribution is 0.957. The third-order valence-electron chi connectivity index (χ3n) is 1.69. The Bertz CT molecular complexity index is 410. The van der Waals surface area contributed by atoms with E-state index >= 15 is 0 Å². The number of halogens is 2. The number of alkyl halides is 1. The van der Waals surface area contributed by atoms with E-state index in [0.717, 1.165) is 15.6 Å². The minimum Gasteiger partial charge on any atom is -0.240 e. The highest BCUT2D eigenvalue weighted by Gasteiger charge is 2.00. The van der Waals surface area contributed by atoms with Crippen molar-refractivity contribution in [2.24, 2.45) is 0 Å². The summed E-state index contributed by atoms with van der Waals surface area (Å²) in [6.45, 7) is 0. The molecule has 0 unspecified atom stereocenters. The number of nitrogens with zero attached hydrogens (tertiary/aromatic N) is 2. The summed E-state index contributed by atoms with van der Waals surface area (Å²) in [5, 5.41) is 4.12. The second-order valence-electron chi connectivity index (χ2n) is 2.49. The Morgan fingerprint density at radius 2 is 2.42 bits per heavy atom. The summed E-state index contributed by atoms with van der Waals surface area (Å²) in [5.74, 6) is 0.536. The first-order valence-electron chi connectivity index (χ1n) is 3.49. The van der Waals surface area contributed by atoms with E-state index in [-0.39, 0.29) is 0 Å². The maximum absolute atomic E-state index is 5.70. The fourth-order valence-corrected chi connectivity index (χ4v) is 1.63. The van der Waals surface area contributed by atoms with Crippen LogP contribution in [0.3, 0.4) is 0 Å². The first-order chi connectivity index (χ1) is 5.81. The molecular formula is C8H6BrClN2. The van der Waals surface area contributed by atoms with Crippen LogP contribution in [0.5, 0.6) is 0 Å².